The summed E-state index contributed by atoms with van der Waals surface area (Å²) in [5.41, 5.74) is 0.484. The lowest BCUT2D eigenvalue weighted by Gasteiger charge is -2.14. The summed E-state index contributed by atoms with van der Waals surface area (Å²) in [4.78, 5) is 31.0. The van der Waals surface area contributed by atoms with Gasteiger partial charge in [0, 0.05) is 17.1 Å². The number of rotatable bonds is 6. The molecule has 8 heteroatoms. The highest BCUT2D eigenvalue weighted by atomic mass is 35.5. The molecule has 2 heterocycles. The molecule has 0 saturated carbocycles. The van der Waals surface area contributed by atoms with Crippen LogP contribution < -0.4 is 11.2 Å². The third kappa shape index (κ3) is 4.05. The summed E-state index contributed by atoms with van der Waals surface area (Å²) >= 11 is 6.15. The first-order valence-electron chi connectivity index (χ1n) is 10.1. The molecular weight excluding hydrogens is 419 g/mol. The largest absolute Gasteiger partial charge is 0.337 e. The van der Waals surface area contributed by atoms with Crippen molar-refractivity contribution in [1.82, 2.24) is 18.7 Å². The molecule has 0 aliphatic rings. The summed E-state index contributed by atoms with van der Waals surface area (Å²) < 4.78 is 18.4. The lowest BCUT2D eigenvalue weighted by atomic mass is 10.1. The van der Waals surface area contributed by atoms with Crippen LogP contribution in [0.3, 0.4) is 0 Å². The van der Waals surface area contributed by atoms with E-state index in [0.29, 0.717) is 28.6 Å². The highest BCUT2D eigenvalue weighted by Gasteiger charge is 2.20. The molecule has 31 heavy (non-hydrogen) atoms. The van der Waals surface area contributed by atoms with Gasteiger partial charge in [0.05, 0.1) is 18.6 Å². The topological polar surface area (TPSA) is 61.8 Å². The molecule has 0 fully saturated rings. The van der Waals surface area contributed by atoms with Crippen molar-refractivity contribution in [3.8, 4) is 5.69 Å². The fraction of sp³-hybridized carbons (Fsp3) is 0.261. The van der Waals surface area contributed by atoms with Crippen LogP contribution in [0.1, 0.15) is 25.8 Å². The van der Waals surface area contributed by atoms with E-state index in [1.54, 1.807) is 47.0 Å². The second-order valence-corrected chi connectivity index (χ2v) is 8.31. The van der Waals surface area contributed by atoms with Crippen LogP contribution in [0.4, 0.5) is 4.39 Å². The minimum Gasteiger partial charge on any atom is -0.320 e. The van der Waals surface area contributed by atoms with Gasteiger partial charge in [-0.15, -0.1) is 0 Å². The Morgan fingerprint density at radius 3 is 2.58 bits per heavy atom. The molecule has 0 aliphatic carbocycles. The maximum absolute atomic E-state index is 14.2. The van der Waals surface area contributed by atoms with Gasteiger partial charge < -0.3 is 4.57 Å². The fourth-order valence-corrected chi connectivity index (χ4v) is 3.73. The van der Waals surface area contributed by atoms with Crippen molar-refractivity contribution in [2.45, 2.75) is 33.4 Å². The minimum absolute atomic E-state index is 0.121. The maximum atomic E-state index is 14.2. The van der Waals surface area contributed by atoms with Gasteiger partial charge in [-0.25, -0.2) is 18.7 Å². The summed E-state index contributed by atoms with van der Waals surface area (Å²) in [5, 5.41) is 0.461. The Hall–Kier alpha value is -3.19. The Kier molecular flexibility index (Phi) is 5.78. The van der Waals surface area contributed by atoms with Crippen molar-refractivity contribution in [3.63, 3.8) is 0 Å². The van der Waals surface area contributed by atoms with Gasteiger partial charge in [-0.3, -0.25) is 9.36 Å². The average molecular weight is 441 g/mol. The van der Waals surface area contributed by atoms with Gasteiger partial charge >= 0.3 is 5.69 Å². The first-order chi connectivity index (χ1) is 14.9. The number of hydrogen-bond acceptors (Lipinski definition) is 3. The Morgan fingerprint density at radius 1 is 1.10 bits per heavy atom. The van der Waals surface area contributed by atoms with E-state index in [1.807, 2.05) is 13.8 Å². The van der Waals surface area contributed by atoms with Gasteiger partial charge in [0.1, 0.15) is 5.82 Å². The van der Waals surface area contributed by atoms with Crippen molar-refractivity contribution in [3.05, 3.63) is 92.1 Å². The normalized spacial score (nSPS) is 11.5. The summed E-state index contributed by atoms with van der Waals surface area (Å²) in [6.45, 7) is 4.45. The van der Waals surface area contributed by atoms with E-state index >= 15 is 0 Å². The summed E-state index contributed by atoms with van der Waals surface area (Å²) in [6, 6.07) is 13.2. The third-order valence-electron chi connectivity index (χ3n) is 5.20. The average Bonchev–Trinajstić information content (AvgIpc) is 3.13. The van der Waals surface area contributed by atoms with Crippen LogP contribution in [-0.2, 0) is 13.1 Å². The van der Waals surface area contributed by atoms with Crippen molar-refractivity contribution < 1.29 is 4.39 Å². The molecule has 4 aromatic rings. The van der Waals surface area contributed by atoms with E-state index in [4.69, 9.17) is 11.6 Å². The molecule has 6 nitrogen and oxygen atoms in total. The minimum atomic E-state index is -0.475. The zero-order valence-electron chi connectivity index (χ0n) is 17.3. The molecule has 0 spiro atoms. The number of benzene rings is 2. The van der Waals surface area contributed by atoms with Crippen LogP contribution in [0, 0.1) is 11.7 Å². The molecule has 4 rings (SSSR count). The smallest absolute Gasteiger partial charge is 0.320 e. The first kappa shape index (κ1) is 21.1. The predicted molar refractivity (Wildman–Crippen MR) is 120 cm³/mol. The Balaban J connectivity index is 1.98. The maximum Gasteiger partial charge on any atom is 0.337 e. The molecule has 0 aliphatic heterocycles. The van der Waals surface area contributed by atoms with Crippen LogP contribution in [-0.4, -0.2) is 18.7 Å². The number of hydrogen-bond donors (Lipinski definition) is 0. The number of aromatic nitrogens is 4. The monoisotopic (exact) mass is 440 g/mol. The molecule has 0 bridgehead atoms. The predicted octanol–water partition coefficient (Wildman–Crippen LogP) is 4.24. The molecule has 0 atom stereocenters. The summed E-state index contributed by atoms with van der Waals surface area (Å²) in [5.74, 6) is -0.0578. The van der Waals surface area contributed by atoms with Crippen LogP contribution in [0.5, 0.6) is 0 Å². The van der Waals surface area contributed by atoms with E-state index in [0.717, 1.165) is 0 Å². The standard InChI is InChI=1S/C23H22ClFN4O2/c1-15(2)10-11-28-22(30)20-21(29(23(28)31)18-8-5-7-17(24)12-18)26-14-27(20)13-16-6-3-4-9-19(16)25/h3-9,12,14-15H,10-11,13H2,1-2H3. The molecule has 2 aromatic heterocycles. The van der Waals surface area contributed by atoms with Gasteiger partial charge in [-0.1, -0.05) is 49.7 Å². The van der Waals surface area contributed by atoms with Crippen molar-refractivity contribution in [1.29, 1.82) is 0 Å². The molecule has 2 aromatic carbocycles. The summed E-state index contributed by atoms with van der Waals surface area (Å²) in [7, 11) is 0. The highest BCUT2D eigenvalue weighted by Crippen LogP contribution is 2.18. The lowest BCUT2D eigenvalue weighted by Crippen LogP contribution is -2.40. The second-order valence-electron chi connectivity index (χ2n) is 7.87. The second kappa shape index (κ2) is 8.51. The SMILES string of the molecule is CC(C)CCn1c(=O)c2c(ncn2Cc2ccccc2F)n(-c2cccc(Cl)c2)c1=O. The molecular formula is C23H22ClFN4O2. The van der Waals surface area contributed by atoms with Crippen LogP contribution in [0.15, 0.2) is 64.4 Å². The molecule has 160 valence electrons. The zero-order valence-corrected chi connectivity index (χ0v) is 18.0. The Labute approximate surface area is 183 Å². The Bertz CT molecular complexity index is 1370. The van der Waals surface area contributed by atoms with E-state index in [2.05, 4.69) is 4.98 Å². The molecule has 0 amide bonds. The first-order valence-corrected chi connectivity index (χ1v) is 10.4. The van der Waals surface area contributed by atoms with Crippen molar-refractivity contribution in [2.75, 3.05) is 0 Å². The number of fused-ring (bicyclic) bond motifs is 1. The van der Waals surface area contributed by atoms with Crippen LogP contribution >= 0.6 is 11.6 Å². The highest BCUT2D eigenvalue weighted by molar-refractivity contribution is 6.30. The molecule has 0 N–H and O–H groups in total. The van der Waals surface area contributed by atoms with Gasteiger partial charge in [0.15, 0.2) is 11.2 Å². The molecule has 0 unspecified atom stereocenters. The van der Waals surface area contributed by atoms with E-state index in [1.165, 1.54) is 21.5 Å². The lowest BCUT2D eigenvalue weighted by molar-refractivity contribution is 0.491. The zero-order chi connectivity index (χ0) is 22.1. The van der Waals surface area contributed by atoms with Crippen LogP contribution in [0.25, 0.3) is 16.9 Å². The molecule has 0 radical (unpaired) electrons. The van der Waals surface area contributed by atoms with Crippen molar-refractivity contribution in [2.24, 2.45) is 5.92 Å². The van der Waals surface area contributed by atoms with Gasteiger partial charge in [-0.2, -0.15) is 0 Å². The van der Waals surface area contributed by atoms with E-state index < -0.39 is 11.2 Å². The van der Waals surface area contributed by atoms with Gasteiger partial charge in [0.25, 0.3) is 5.56 Å². The quantitative estimate of drug-likeness (QED) is 0.450. The Morgan fingerprint density at radius 2 is 1.87 bits per heavy atom. The number of nitrogens with zero attached hydrogens (tertiary/aromatic N) is 4. The van der Waals surface area contributed by atoms with Gasteiger partial charge in [-0.05, 0) is 36.6 Å². The van der Waals surface area contributed by atoms with E-state index in [-0.39, 0.29) is 30.1 Å². The summed E-state index contributed by atoms with van der Waals surface area (Å²) in [6.07, 6.45) is 2.13. The van der Waals surface area contributed by atoms with Crippen molar-refractivity contribution >= 4 is 22.8 Å². The van der Waals surface area contributed by atoms with Gasteiger partial charge in [0.2, 0.25) is 0 Å². The number of imidazole rings is 1. The molecule has 0 saturated heterocycles. The third-order valence-corrected chi connectivity index (χ3v) is 5.43. The van der Waals surface area contributed by atoms with Crippen LogP contribution in [0.2, 0.25) is 5.02 Å². The fourth-order valence-electron chi connectivity index (χ4n) is 3.54. The van der Waals surface area contributed by atoms with E-state index in [9.17, 15) is 14.0 Å². The number of halogens is 2.